The summed E-state index contributed by atoms with van der Waals surface area (Å²) in [6, 6.07) is 2.26. The highest BCUT2D eigenvalue weighted by atomic mass is 35.5. The zero-order valence-corrected chi connectivity index (χ0v) is 10.2. The van der Waals surface area contributed by atoms with Gasteiger partial charge in [-0.05, 0) is 13.0 Å². The minimum atomic E-state index is -0.717. The molecule has 0 unspecified atom stereocenters. The minimum absolute atomic E-state index is 0.000417. The van der Waals surface area contributed by atoms with Crippen LogP contribution in [0.2, 0.25) is 10.0 Å². The highest BCUT2D eigenvalue weighted by Gasteiger charge is 2.20. The highest BCUT2D eigenvalue weighted by Crippen LogP contribution is 2.32. The van der Waals surface area contributed by atoms with E-state index in [1.165, 1.54) is 6.07 Å². The largest absolute Gasteiger partial charge is 0.290 e. The van der Waals surface area contributed by atoms with Crippen LogP contribution in [0.25, 0.3) is 0 Å². The first kappa shape index (κ1) is 13.7. The maximum atomic E-state index is 11.5. The number of hydrogen-bond acceptors (Lipinski definition) is 4. The van der Waals surface area contributed by atoms with E-state index in [0.29, 0.717) is 0 Å². The third-order valence-corrected chi connectivity index (χ3v) is 2.57. The molecule has 6 nitrogen and oxygen atoms in total. The zero-order chi connectivity index (χ0) is 13.0. The van der Waals surface area contributed by atoms with Crippen molar-refractivity contribution >= 4 is 34.8 Å². The summed E-state index contributed by atoms with van der Waals surface area (Å²) in [5.74, 6) is -0.631. The van der Waals surface area contributed by atoms with Crippen LogP contribution in [-0.2, 0) is 4.84 Å². The van der Waals surface area contributed by atoms with Crippen molar-refractivity contribution in [2.45, 2.75) is 6.92 Å². The van der Waals surface area contributed by atoms with Gasteiger partial charge in [0.1, 0.15) is 5.02 Å². The molecule has 1 aromatic carbocycles. The van der Waals surface area contributed by atoms with E-state index in [-0.39, 0.29) is 22.2 Å². The van der Waals surface area contributed by atoms with Crippen molar-refractivity contribution in [3.05, 3.63) is 37.9 Å². The Balaban J connectivity index is 3.10. The van der Waals surface area contributed by atoms with Crippen LogP contribution in [0.1, 0.15) is 17.3 Å². The molecule has 92 valence electrons. The van der Waals surface area contributed by atoms with Crippen molar-refractivity contribution in [3.63, 3.8) is 0 Å². The fourth-order valence-corrected chi connectivity index (χ4v) is 1.43. The molecular formula is C9H8Cl2N2O4. The first-order chi connectivity index (χ1) is 7.97. The number of hydrogen-bond donors (Lipinski definition) is 1. The van der Waals surface area contributed by atoms with Gasteiger partial charge in [-0.15, -0.1) is 0 Å². The molecule has 0 heterocycles. The predicted octanol–water partition coefficient (Wildman–Crippen LogP) is 2.58. The Morgan fingerprint density at radius 2 is 2.18 bits per heavy atom. The van der Waals surface area contributed by atoms with Crippen molar-refractivity contribution < 1.29 is 14.6 Å². The van der Waals surface area contributed by atoms with Gasteiger partial charge in [0.25, 0.3) is 11.6 Å². The number of halogens is 2. The zero-order valence-electron chi connectivity index (χ0n) is 8.70. The fraction of sp³-hybridized carbons (Fsp3) is 0.222. The summed E-state index contributed by atoms with van der Waals surface area (Å²) in [6.45, 7) is 1.95. The minimum Gasteiger partial charge on any atom is -0.274 e. The summed E-state index contributed by atoms with van der Waals surface area (Å²) in [5.41, 5.74) is 1.67. The SMILES string of the molecule is CCONC(=O)c1cc(Cl)c(Cl)c([N+](=O)[O-])c1. The van der Waals surface area contributed by atoms with Gasteiger partial charge in [0, 0.05) is 11.6 Å². The average molecular weight is 279 g/mol. The van der Waals surface area contributed by atoms with E-state index in [9.17, 15) is 14.9 Å². The molecular weight excluding hydrogens is 271 g/mol. The molecule has 1 amide bonds. The van der Waals surface area contributed by atoms with E-state index >= 15 is 0 Å². The molecule has 0 aliphatic rings. The highest BCUT2D eigenvalue weighted by molar-refractivity contribution is 6.43. The van der Waals surface area contributed by atoms with E-state index in [1.54, 1.807) is 6.92 Å². The molecule has 0 aliphatic heterocycles. The van der Waals surface area contributed by atoms with Crippen LogP contribution < -0.4 is 5.48 Å². The van der Waals surface area contributed by atoms with E-state index < -0.39 is 16.5 Å². The molecule has 1 N–H and O–H groups in total. The normalized spacial score (nSPS) is 10.1. The number of nitro groups is 1. The predicted molar refractivity (Wildman–Crippen MR) is 62.2 cm³/mol. The van der Waals surface area contributed by atoms with Gasteiger partial charge in [-0.2, -0.15) is 0 Å². The van der Waals surface area contributed by atoms with Gasteiger partial charge in [-0.3, -0.25) is 19.7 Å². The maximum absolute atomic E-state index is 11.5. The molecule has 8 heteroatoms. The van der Waals surface area contributed by atoms with Gasteiger partial charge in [-0.1, -0.05) is 23.2 Å². The Kier molecular flexibility index (Phi) is 4.68. The maximum Gasteiger partial charge on any atom is 0.290 e. The Hall–Kier alpha value is -1.37. The Labute approximate surface area is 107 Å². The van der Waals surface area contributed by atoms with Crippen LogP contribution in [0.15, 0.2) is 12.1 Å². The first-order valence-corrected chi connectivity index (χ1v) is 5.28. The fourth-order valence-electron chi connectivity index (χ4n) is 1.04. The first-order valence-electron chi connectivity index (χ1n) is 4.53. The van der Waals surface area contributed by atoms with Crippen LogP contribution in [0.4, 0.5) is 5.69 Å². The summed E-state index contributed by atoms with van der Waals surface area (Å²) in [6.07, 6.45) is 0. The number of hydroxylamine groups is 1. The number of benzene rings is 1. The van der Waals surface area contributed by atoms with Crippen LogP contribution in [0, 0.1) is 10.1 Å². The third kappa shape index (κ3) is 3.29. The standard InChI is InChI=1S/C9H8Cl2N2O4/c1-2-17-12-9(14)5-3-6(10)8(11)7(4-5)13(15)16/h3-4H,2H2,1H3,(H,12,14). The summed E-state index contributed by atoms with van der Waals surface area (Å²) in [5, 5.41) is 10.4. The average Bonchev–Trinajstić information content (AvgIpc) is 2.28. The van der Waals surface area contributed by atoms with Gasteiger partial charge >= 0.3 is 0 Å². The van der Waals surface area contributed by atoms with E-state index in [2.05, 4.69) is 10.3 Å². The molecule has 0 saturated heterocycles. The van der Waals surface area contributed by atoms with Crippen LogP contribution in [0.3, 0.4) is 0 Å². The lowest BCUT2D eigenvalue weighted by atomic mass is 10.2. The number of nitrogens with zero attached hydrogens (tertiary/aromatic N) is 1. The van der Waals surface area contributed by atoms with Crippen LogP contribution in [-0.4, -0.2) is 17.4 Å². The lowest BCUT2D eigenvalue weighted by Crippen LogP contribution is -2.23. The summed E-state index contributed by atoms with van der Waals surface area (Å²) >= 11 is 11.3. The number of amides is 1. The molecule has 0 aromatic heterocycles. The molecule has 0 spiro atoms. The smallest absolute Gasteiger partial charge is 0.274 e. The quantitative estimate of drug-likeness (QED) is 0.678. The van der Waals surface area contributed by atoms with Gasteiger partial charge < -0.3 is 0 Å². The number of carbonyl (C=O) groups is 1. The Morgan fingerprint density at radius 1 is 1.53 bits per heavy atom. The topological polar surface area (TPSA) is 81.5 Å². The van der Waals surface area contributed by atoms with E-state index in [4.69, 9.17) is 23.2 Å². The summed E-state index contributed by atoms with van der Waals surface area (Å²) < 4.78 is 0. The molecule has 0 fully saturated rings. The lowest BCUT2D eigenvalue weighted by molar-refractivity contribution is -0.384. The van der Waals surface area contributed by atoms with Crippen molar-refractivity contribution in [3.8, 4) is 0 Å². The van der Waals surface area contributed by atoms with Gasteiger partial charge in [-0.25, -0.2) is 5.48 Å². The second-order valence-corrected chi connectivity index (χ2v) is 3.70. The van der Waals surface area contributed by atoms with Gasteiger partial charge in [0.15, 0.2) is 0 Å². The summed E-state index contributed by atoms with van der Waals surface area (Å²) in [7, 11) is 0. The van der Waals surface area contributed by atoms with Crippen molar-refractivity contribution in [1.29, 1.82) is 0 Å². The second-order valence-electron chi connectivity index (χ2n) is 2.91. The Morgan fingerprint density at radius 3 is 2.71 bits per heavy atom. The van der Waals surface area contributed by atoms with Crippen LogP contribution >= 0.6 is 23.2 Å². The van der Waals surface area contributed by atoms with Gasteiger partial charge in [0.2, 0.25) is 0 Å². The molecule has 0 radical (unpaired) electrons. The van der Waals surface area contributed by atoms with Crippen LogP contribution in [0.5, 0.6) is 0 Å². The van der Waals surface area contributed by atoms with Crippen molar-refractivity contribution in [2.24, 2.45) is 0 Å². The lowest BCUT2D eigenvalue weighted by Gasteiger charge is -2.05. The third-order valence-electron chi connectivity index (χ3n) is 1.78. The second kappa shape index (κ2) is 5.81. The molecule has 1 aromatic rings. The number of nitrogens with one attached hydrogen (secondary N) is 1. The molecule has 0 aliphatic carbocycles. The number of rotatable bonds is 4. The Bertz CT molecular complexity index is 465. The van der Waals surface area contributed by atoms with Crippen molar-refractivity contribution in [1.82, 2.24) is 5.48 Å². The van der Waals surface area contributed by atoms with Gasteiger partial charge in [0.05, 0.1) is 16.6 Å². The molecule has 0 bridgehead atoms. The number of nitro benzene ring substituents is 1. The van der Waals surface area contributed by atoms with E-state index in [1.807, 2.05) is 0 Å². The molecule has 17 heavy (non-hydrogen) atoms. The summed E-state index contributed by atoms with van der Waals surface area (Å²) in [4.78, 5) is 26.1. The van der Waals surface area contributed by atoms with E-state index in [0.717, 1.165) is 6.07 Å². The molecule has 0 atom stereocenters. The monoisotopic (exact) mass is 278 g/mol. The number of carbonyl (C=O) groups excluding carboxylic acids is 1. The van der Waals surface area contributed by atoms with Crippen molar-refractivity contribution in [2.75, 3.05) is 6.61 Å². The molecule has 1 rings (SSSR count). The molecule has 0 saturated carbocycles.